The van der Waals surface area contributed by atoms with Crippen molar-refractivity contribution in [1.29, 1.82) is 0 Å². The highest BCUT2D eigenvalue weighted by molar-refractivity contribution is 5.91. The van der Waals surface area contributed by atoms with E-state index in [0.717, 1.165) is 21.3 Å². The Morgan fingerprint density at radius 1 is 1.00 bits per heavy atom. The first-order valence-electron chi connectivity index (χ1n) is 9.22. The van der Waals surface area contributed by atoms with Crippen molar-refractivity contribution < 1.29 is 22.7 Å². The highest BCUT2D eigenvalue weighted by atomic mass is 19.4. The molecule has 0 radical (unpaired) electrons. The van der Waals surface area contributed by atoms with Crippen molar-refractivity contribution in [1.82, 2.24) is 9.13 Å². The maximum absolute atomic E-state index is 13.1. The summed E-state index contributed by atoms with van der Waals surface area (Å²) in [5.41, 5.74) is -3.04. The zero-order valence-corrected chi connectivity index (χ0v) is 16.3. The zero-order valence-electron chi connectivity index (χ0n) is 16.3. The van der Waals surface area contributed by atoms with E-state index < -0.39 is 41.0 Å². The van der Waals surface area contributed by atoms with Crippen LogP contribution in [0.2, 0.25) is 0 Å². The minimum Gasteiger partial charge on any atom is -0.492 e. The Hall–Kier alpha value is -3.82. The maximum Gasteiger partial charge on any atom is 0.418 e. The minimum atomic E-state index is -4.66. The van der Waals surface area contributed by atoms with E-state index in [2.05, 4.69) is 5.32 Å². The monoisotopic (exact) mass is 433 g/mol. The Morgan fingerprint density at radius 3 is 2.39 bits per heavy atom. The summed E-state index contributed by atoms with van der Waals surface area (Å²) >= 11 is 0. The predicted octanol–water partition coefficient (Wildman–Crippen LogP) is 3.06. The second-order valence-corrected chi connectivity index (χ2v) is 6.40. The number of carbonyl (C=O) groups is 1. The van der Waals surface area contributed by atoms with Crippen LogP contribution in [0.4, 0.5) is 18.9 Å². The van der Waals surface area contributed by atoms with Crippen LogP contribution in [0.5, 0.6) is 5.75 Å². The number of rotatable bonds is 6. The minimum absolute atomic E-state index is 0.349. The summed E-state index contributed by atoms with van der Waals surface area (Å²) < 4.78 is 46.6. The Morgan fingerprint density at radius 2 is 1.68 bits per heavy atom. The number of halogens is 3. The molecule has 0 fully saturated rings. The maximum atomic E-state index is 13.1. The summed E-state index contributed by atoms with van der Waals surface area (Å²) in [5.74, 6) is -0.489. The Bertz CT molecular complexity index is 1220. The SMILES string of the molecule is CCOc1ccccc1-n1ccn(CC(=O)Nc2ccccc2C(F)(F)F)c(=O)c1=O. The molecule has 3 aromatic rings. The van der Waals surface area contributed by atoms with Crippen LogP contribution in [0, 0.1) is 0 Å². The topological polar surface area (TPSA) is 82.3 Å². The lowest BCUT2D eigenvalue weighted by molar-refractivity contribution is -0.137. The lowest BCUT2D eigenvalue weighted by atomic mass is 10.1. The van der Waals surface area contributed by atoms with Gasteiger partial charge < -0.3 is 10.1 Å². The molecule has 0 bridgehead atoms. The molecular formula is C21H18F3N3O4. The van der Waals surface area contributed by atoms with Crippen LogP contribution in [-0.4, -0.2) is 21.6 Å². The average Bonchev–Trinajstić information content (AvgIpc) is 2.72. The van der Waals surface area contributed by atoms with Gasteiger partial charge in [-0.25, -0.2) is 0 Å². The summed E-state index contributed by atoms with van der Waals surface area (Å²) in [6.45, 7) is 1.49. The standard InChI is InChI=1S/C21H18F3N3O4/c1-2-31-17-10-6-5-9-16(17)27-12-11-26(19(29)20(27)30)13-18(28)25-15-8-4-3-7-14(15)21(22,23)24/h3-12H,2,13H2,1H3,(H,25,28). The molecular weight excluding hydrogens is 415 g/mol. The Balaban J connectivity index is 1.87. The van der Waals surface area contributed by atoms with Crippen LogP contribution in [0.15, 0.2) is 70.5 Å². The molecule has 0 atom stereocenters. The fraction of sp³-hybridized carbons (Fsp3) is 0.190. The number of carbonyl (C=O) groups excluding carboxylic acids is 1. The molecule has 31 heavy (non-hydrogen) atoms. The van der Waals surface area contributed by atoms with Gasteiger partial charge in [-0.3, -0.25) is 23.5 Å². The number of hydrogen-bond acceptors (Lipinski definition) is 4. The molecule has 1 N–H and O–H groups in total. The number of nitrogens with one attached hydrogen (secondary N) is 1. The van der Waals surface area contributed by atoms with Gasteiger partial charge in [-0.2, -0.15) is 13.2 Å². The average molecular weight is 433 g/mol. The Kier molecular flexibility index (Phi) is 6.28. The van der Waals surface area contributed by atoms with Gasteiger partial charge in [0.15, 0.2) is 0 Å². The van der Waals surface area contributed by atoms with E-state index in [1.54, 1.807) is 31.2 Å². The second kappa shape index (κ2) is 8.90. The van der Waals surface area contributed by atoms with Gasteiger partial charge in [-0.05, 0) is 31.2 Å². The molecule has 7 nitrogen and oxygen atoms in total. The fourth-order valence-electron chi connectivity index (χ4n) is 2.94. The third kappa shape index (κ3) is 4.85. The number of hydrogen-bond donors (Lipinski definition) is 1. The molecule has 2 aromatic carbocycles. The summed E-state index contributed by atoms with van der Waals surface area (Å²) in [7, 11) is 0. The van der Waals surface area contributed by atoms with Crippen molar-refractivity contribution in [2.45, 2.75) is 19.6 Å². The molecule has 1 heterocycles. The number of alkyl halides is 3. The lowest BCUT2D eigenvalue weighted by Crippen LogP contribution is -2.41. The molecule has 0 aliphatic rings. The van der Waals surface area contributed by atoms with Crippen LogP contribution in [0.3, 0.4) is 0 Å². The van der Waals surface area contributed by atoms with E-state index in [1.165, 1.54) is 24.5 Å². The largest absolute Gasteiger partial charge is 0.492 e. The lowest BCUT2D eigenvalue weighted by Gasteiger charge is -2.15. The van der Waals surface area contributed by atoms with Gasteiger partial charge in [0.05, 0.1) is 23.5 Å². The number of amides is 1. The van der Waals surface area contributed by atoms with Crippen LogP contribution >= 0.6 is 0 Å². The molecule has 10 heteroatoms. The Labute approximate surface area is 174 Å². The first-order valence-corrected chi connectivity index (χ1v) is 9.22. The highest BCUT2D eigenvalue weighted by Crippen LogP contribution is 2.34. The van der Waals surface area contributed by atoms with Gasteiger partial charge in [0.25, 0.3) is 0 Å². The summed E-state index contributed by atoms with van der Waals surface area (Å²) in [4.78, 5) is 37.3. The van der Waals surface area contributed by atoms with Crippen molar-refractivity contribution in [2.75, 3.05) is 11.9 Å². The van der Waals surface area contributed by atoms with Crippen LogP contribution in [-0.2, 0) is 17.5 Å². The molecule has 162 valence electrons. The van der Waals surface area contributed by atoms with E-state index in [0.29, 0.717) is 18.0 Å². The van der Waals surface area contributed by atoms with E-state index in [1.807, 2.05) is 0 Å². The first kappa shape index (κ1) is 21.9. The molecule has 0 aliphatic carbocycles. The first-order chi connectivity index (χ1) is 14.7. The third-order valence-corrected chi connectivity index (χ3v) is 4.30. The van der Waals surface area contributed by atoms with Crippen molar-refractivity contribution in [3.05, 3.63) is 87.2 Å². The van der Waals surface area contributed by atoms with Gasteiger partial charge >= 0.3 is 17.3 Å². The molecule has 0 saturated heterocycles. The van der Waals surface area contributed by atoms with Crippen molar-refractivity contribution in [3.8, 4) is 11.4 Å². The van der Waals surface area contributed by atoms with Gasteiger partial charge in [-0.15, -0.1) is 0 Å². The van der Waals surface area contributed by atoms with Gasteiger partial charge in [0.1, 0.15) is 12.3 Å². The molecule has 3 rings (SSSR count). The van der Waals surface area contributed by atoms with Crippen LogP contribution in [0.1, 0.15) is 12.5 Å². The molecule has 0 unspecified atom stereocenters. The van der Waals surface area contributed by atoms with Crippen molar-refractivity contribution in [2.24, 2.45) is 0 Å². The summed E-state index contributed by atoms with van der Waals surface area (Å²) in [5, 5.41) is 2.14. The molecule has 0 saturated carbocycles. The van der Waals surface area contributed by atoms with Crippen molar-refractivity contribution >= 4 is 11.6 Å². The summed E-state index contributed by atoms with van der Waals surface area (Å²) in [6.07, 6.45) is -2.16. The number of benzene rings is 2. The fourth-order valence-corrected chi connectivity index (χ4v) is 2.94. The zero-order chi connectivity index (χ0) is 22.6. The van der Waals surface area contributed by atoms with E-state index in [4.69, 9.17) is 4.74 Å². The quantitative estimate of drug-likeness (QED) is 0.606. The van der Waals surface area contributed by atoms with E-state index in [-0.39, 0.29) is 0 Å². The van der Waals surface area contributed by atoms with E-state index in [9.17, 15) is 27.6 Å². The number of para-hydroxylation sites is 3. The highest BCUT2D eigenvalue weighted by Gasteiger charge is 2.33. The summed E-state index contributed by atoms with van der Waals surface area (Å²) in [6, 6.07) is 11.1. The van der Waals surface area contributed by atoms with Gasteiger partial charge in [0, 0.05) is 12.4 Å². The van der Waals surface area contributed by atoms with Crippen LogP contribution in [0.25, 0.3) is 5.69 Å². The smallest absolute Gasteiger partial charge is 0.418 e. The van der Waals surface area contributed by atoms with Crippen LogP contribution < -0.4 is 21.2 Å². The number of ether oxygens (including phenoxy) is 1. The van der Waals surface area contributed by atoms with Crippen molar-refractivity contribution in [3.63, 3.8) is 0 Å². The van der Waals surface area contributed by atoms with E-state index >= 15 is 0 Å². The third-order valence-electron chi connectivity index (χ3n) is 4.30. The molecule has 1 amide bonds. The predicted molar refractivity (Wildman–Crippen MR) is 108 cm³/mol. The molecule has 0 spiro atoms. The van der Waals surface area contributed by atoms with Gasteiger partial charge in [0.2, 0.25) is 5.91 Å². The molecule has 0 aliphatic heterocycles. The number of anilines is 1. The number of aromatic nitrogens is 2. The molecule has 1 aromatic heterocycles. The second-order valence-electron chi connectivity index (χ2n) is 6.40. The normalized spacial score (nSPS) is 11.2. The van der Waals surface area contributed by atoms with Gasteiger partial charge in [-0.1, -0.05) is 24.3 Å². The number of nitrogens with zero attached hydrogens (tertiary/aromatic N) is 2.